The maximum Gasteiger partial charge on any atom is 0.306 e. The summed E-state index contributed by atoms with van der Waals surface area (Å²) in [5, 5.41) is 17.9. The van der Waals surface area contributed by atoms with Gasteiger partial charge in [-0.15, -0.1) is 11.3 Å². The third-order valence-corrected chi connectivity index (χ3v) is 4.41. The summed E-state index contributed by atoms with van der Waals surface area (Å²) in [6.45, 7) is 0. The van der Waals surface area contributed by atoms with Crippen LogP contribution in [-0.4, -0.2) is 33.0 Å². The van der Waals surface area contributed by atoms with Crippen LogP contribution in [0.5, 0.6) is 0 Å². The standard InChI is InChI=1S/C11H11NO3S2/c13-7(5-10(14)15)6-16-11-12-8-3-1-2-4-9(8)17-11/h1-4,7,13H,5-6H2,(H,14,15). The van der Waals surface area contributed by atoms with Crippen LogP contribution in [0.15, 0.2) is 28.6 Å². The fraction of sp³-hybridized carbons (Fsp3) is 0.273. The van der Waals surface area contributed by atoms with Gasteiger partial charge >= 0.3 is 5.97 Å². The van der Waals surface area contributed by atoms with Crippen molar-refractivity contribution in [2.45, 2.75) is 16.9 Å². The molecule has 1 atom stereocenters. The van der Waals surface area contributed by atoms with Gasteiger partial charge in [0.1, 0.15) is 0 Å². The number of benzene rings is 1. The smallest absolute Gasteiger partial charge is 0.306 e. The second kappa shape index (κ2) is 5.48. The Balaban J connectivity index is 1.97. The van der Waals surface area contributed by atoms with Crippen LogP contribution in [-0.2, 0) is 4.79 Å². The second-order valence-electron chi connectivity index (χ2n) is 3.51. The number of aliphatic hydroxyl groups is 1. The lowest BCUT2D eigenvalue weighted by atomic mass is 10.3. The lowest BCUT2D eigenvalue weighted by Gasteiger charge is -2.04. The molecule has 0 saturated heterocycles. The zero-order chi connectivity index (χ0) is 12.3. The zero-order valence-corrected chi connectivity index (χ0v) is 10.5. The molecule has 1 unspecified atom stereocenters. The van der Waals surface area contributed by atoms with E-state index < -0.39 is 12.1 Å². The van der Waals surface area contributed by atoms with Gasteiger partial charge in [0.05, 0.1) is 22.7 Å². The molecular formula is C11H11NO3S2. The fourth-order valence-corrected chi connectivity index (χ4v) is 3.36. The molecule has 4 nitrogen and oxygen atoms in total. The monoisotopic (exact) mass is 269 g/mol. The zero-order valence-electron chi connectivity index (χ0n) is 8.87. The van der Waals surface area contributed by atoms with Crippen molar-refractivity contribution < 1.29 is 15.0 Å². The van der Waals surface area contributed by atoms with Crippen molar-refractivity contribution in [2.75, 3.05) is 5.75 Å². The molecule has 1 aromatic heterocycles. The van der Waals surface area contributed by atoms with Gasteiger partial charge in [-0.3, -0.25) is 4.79 Å². The molecule has 0 aliphatic carbocycles. The van der Waals surface area contributed by atoms with E-state index in [0.29, 0.717) is 5.75 Å². The molecule has 0 bridgehead atoms. The predicted octanol–water partition coefficient (Wildman–Crippen LogP) is 2.22. The normalized spacial score (nSPS) is 12.8. The molecule has 0 spiro atoms. The average molecular weight is 269 g/mol. The van der Waals surface area contributed by atoms with Crippen LogP contribution in [0.3, 0.4) is 0 Å². The van der Waals surface area contributed by atoms with Crippen molar-refractivity contribution >= 4 is 39.3 Å². The Morgan fingerprint density at radius 2 is 2.24 bits per heavy atom. The van der Waals surface area contributed by atoms with Crippen molar-refractivity contribution in [3.63, 3.8) is 0 Å². The molecule has 0 saturated carbocycles. The van der Waals surface area contributed by atoms with E-state index in [4.69, 9.17) is 5.11 Å². The molecule has 2 N–H and O–H groups in total. The van der Waals surface area contributed by atoms with Crippen LogP contribution in [0.4, 0.5) is 0 Å². The van der Waals surface area contributed by atoms with Crippen molar-refractivity contribution in [1.29, 1.82) is 0 Å². The van der Waals surface area contributed by atoms with Gasteiger partial charge < -0.3 is 10.2 Å². The Morgan fingerprint density at radius 3 is 2.94 bits per heavy atom. The molecule has 2 aromatic rings. The van der Waals surface area contributed by atoms with Crippen LogP contribution < -0.4 is 0 Å². The van der Waals surface area contributed by atoms with Gasteiger partial charge in [-0.25, -0.2) is 4.98 Å². The number of para-hydroxylation sites is 1. The summed E-state index contributed by atoms with van der Waals surface area (Å²) in [4.78, 5) is 14.8. The van der Waals surface area contributed by atoms with Gasteiger partial charge in [-0.1, -0.05) is 23.9 Å². The van der Waals surface area contributed by atoms with Gasteiger partial charge in [-0.05, 0) is 12.1 Å². The summed E-state index contributed by atoms with van der Waals surface area (Å²) in [7, 11) is 0. The minimum absolute atomic E-state index is 0.224. The molecule has 1 heterocycles. The number of rotatable bonds is 5. The summed E-state index contributed by atoms with van der Waals surface area (Å²) < 4.78 is 1.96. The Hall–Kier alpha value is -1.11. The van der Waals surface area contributed by atoms with E-state index in [2.05, 4.69) is 4.98 Å². The summed E-state index contributed by atoms with van der Waals surface area (Å²) in [5.74, 6) is -0.631. The number of hydrogen-bond acceptors (Lipinski definition) is 5. The van der Waals surface area contributed by atoms with Crippen LogP contribution >= 0.6 is 23.1 Å². The van der Waals surface area contributed by atoms with Gasteiger partial charge in [0.2, 0.25) is 0 Å². The Morgan fingerprint density at radius 1 is 1.47 bits per heavy atom. The van der Waals surface area contributed by atoms with Gasteiger partial charge in [0, 0.05) is 5.75 Å². The first kappa shape index (κ1) is 12.3. The highest BCUT2D eigenvalue weighted by Gasteiger charge is 2.11. The van der Waals surface area contributed by atoms with Crippen LogP contribution in [0.2, 0.25) is 0 Å². The topological polar surface area (TPSA) is 70.4 Å². The number of carboxylic acids is 1. The van der Waals surface area contributed by atoms with E-state index in [0.717, 1.165) is 14.6 Å². The number of nitrogens with zero attached hydrogens (tertiary/aromatic N) is 1. The van der Waals surface area contributed by atoms with E-state index in [1.54, 1.807) is 11.3 Å². The molecule has 2 rings (SSSR count). The quantitative estimate of drug-likeness (QED) is 0.814. The number of carboxylic acid groups (broad SMARTS) is 1. The number of aromatic nitrogens is 1. The molecular weight excluding hydrogens is 258 g/mol. The van der Waals surface area contributed by atoms with Gasteiger partial charge in [0.25, 0.3) is 0 Å². The number of hydrogen-bond donors (Lipinski definition) is 2. The van der Waals surface area contributed by atoms with E-state index in [1.165, 1.54) is 11.8 Å². The highest BCUT2D eigenvalue weighted by Crippen LogP contribution is 2.29. The van der Waals surface area contributed by atoms with Crippen molar-refractivity contribution in [2.24, 2.45) is 0 Å². The highest BCUT2D eigenvalue weighted by atomic mass is 32.2. The molecule has 0 aliphatic heterocycles. The van der Waals surface area contributed by atoms with Gasteiger partial charge in [0.15, 0.2) is 4.34 Å². The molecule has 0 amide bonds. The van der Waals surface area contributed by atoms with Crippen molar-refractivity contribution in [1.82, 2.24) is 4.98 Å². The lowest BCUT2D eigenvalue weighted by molar-refractivity contribution is -0.138. The second-order valence-corrected chi connectivity index (χ2v) is 5.81. The maximum absolute atomic E-state index is 10.4. The summed E-state index contributed by atoms with van der Waals surface area (Å²) in [5.41, 5.74) is 0.938. The SMILES string of the molecule is O=C(O)CC(O)CSc1nc2ccccc2s1. The number of aliphatic carboxylic acids is 1. The molecule has 90 valence electrons. The number of fused-ring (bicyclic) bond motifs is 1. The number of aliphatic hydroxyl groups excluding tert-OH is 1. The fourth-order valence-electron chi connectivity index (χ4n) is 1.34. The van der Waals surface area contributed by atoms with Crippen LogP contribution in [0.1, 0.15) is 6.42 Å². The first-order chi connectivity index (χ1) is 8.15. The van der Waals surface area contributed by atoms with E-state index in [1.807, 2.05) is 24.3 Å². The first-order valence-electron chi connectivity index (χ1n) is 5.03. The van der Waals surface area contributed by atoms with E-state index in [-0.39, 0.29) is 6.42 Å². The summed E-state index contributed by atoms with van der Waals surface area (Å²) in [6.07, 6.45) is -1.05. The molecule has 0 aliphatic rings. The minimum Gasteiger partial charge on any atom is -0.481 e. The van der Waals surface area contributed by atoms with Crippen LogP contribution in [0, 0.1) is 0 Å². The third-order valence-electron chi connectivity index (χ3n) is 2.08. The minimum atomic E-state index is -0.984. The van der Waals surface area contributed by atoms with Crippen molar-refractivity contribution in [3.8, 4) is 0 Å². The molecule has 6 heteroatoms. The van der Waals surface area contributed by atoms with Crippen LogP contribution in [0.25, 0.3) is 10.2 Å². The Labute approximate surface area is 106 Å². The van der Waals surface area contributed by atoms with Crippen molar-refractivity contribution in [3.05, 3.63) is 24.3 Å². The average Bonchev–Trinajstić information content (AvgIpc) is 2.68. The number of thiazole rings is 1. The summed E-state index contributed by atoms with van der Waals surface area (Å²) >= 11 is 2.94. The van der Waals surface area contributed by atoms with Gasteiger partial charge in [-0.2, -0.15) is 0 Å². The largest absolute Gasteiger partial charge is 0.481 e. The Kier molecular flexibility index (Phi) is 3.98. The molecule has 0 fully saturated rings. The summed E-state index contributed by atoms with van der Waals surface area (Å²) in [6, 6.07) is 7.80. The number of thioether (sulfide) groups is 1. The van der Waals surface area contributed by atoms with E-state index in [9.17, 15) is 9.90 Å². The lowest BCUT2D eigenvalue weighted by Crippen LogP contribution is -2.15. The predicted molar refractivity (Wildman–Crippen MR) is 68.6 cm³/mol. The molecule has 0 radical (unpaired) electrons. The molecule has 1 aromatic carbocycles. The van der Waals surface area contributed by atoms with E-state index >= 15 is 0 Å². The number of carbonyl (C=O) groups is 1. The third kappa shape index (κ3) is 3.42. The highest BCUT2D eigenvalue weighted by molar-refractivity contribution is 8.01. The Bertz CT molecular complexity index is 493. The first-order valence-corrected chi connectivity index (χ1v) is 6.83. The maximum atomic E-state index is 10.4. The molecule has 17 heavy (non-hydrogen) atoms.